The standard InChI is InChI=1S/C26H23NO3/c28-18-20-6-10-22(11-7-20)27(23-12-8-21(19-29)9-13-23)24-14-16-26(17-15-24)30-25-4-2-1-3-5-25/h1-17,28-29H,18-19H2. The lowest BCUT2D eigenvalue weighted by Crippen LogP contribution is -2.10. The van der Waals surface area contributed by atoms with Crippen LogP contribution in [0.2, 0.25) is 0 Å². The number of hydrogen-bond donors (Lipinski definition) is 2. The van der Waals surface area contributed by atoms with Gasteiger partial charge in [0.1, 0.15) is 11.5 Å². The molecule has 4 rings (SSSR count). The van der Waals surface area contributed by atoms with E-state index in [-0.39, 0.29) is 13.2 Å². The molecule has 0 radical (unpaired) electrons. The molecule has 0 aliphatic carbocycles. The minimum atomic E-state index is 0.0109. The van der Waals surface area contributed by atoms with Gasteiger partial charge >= 0.3 is 0 Å². The van der Waals surface area contributed by atoms with Crippen LogP contribution in [-0.4, -0.2) is 10.2 Å². The summed E-state index contributed by atoms with van der Waals surface area (Å²) >= 11 is 0. The highest BCUT2D eigenvalue weighted by Crippen LogP contribution is 2.36. The zero-order valence-corrected chi connectivity index (χ0v) is 16.5. The van der Waals surface area contributed by atoms with Gasteiger partial charge in [0.25, 0.3) is 0 Å². The summed E-state index contributed by atoms with van der Waals surface area (Å²) in [5.41, 5.74) is 4.65. The highest BCUT2D eigenvalue weighted by Gasteiger charge is 2.13. The van der Waals surface area contributed by atoms with E-state index in [0.29, 0.717) is 0 Å². The van der Waals surface area contributed by atoms with Crippen molar-refractivity contribution in [3.05, 3.63) is 114 Å². The molecule has 0 aliphatic rings. The average Bonchev–Trinajstić information content (AvgIpc) is 2.82. The normalized spacial score (nSPS) is 10.6. The van der Waals surface area contributed by atoms with E-state index >= 15 is 0 Å². The molecular formula is C26H23NO3. The molecule has 150 valence electrons. The van der Waals surface area contributed by atoms with Crippen molar-refractivity contribution < 1.29 is 14.9 Å². The van der Waals surface area contributed by atoms with Gasteiger partial charge in [0, 0.05) is 17.1 Å². The molecule has 0 unspecified atom stereocenters. The third kappa shape index (κ3) is 4.51. The van der Waals surface area contributed by atoms with Gasteiger partial charge in [0.05, 0.1) is 13.2 Å². The van der Waals surface area contributed by atoms with Gasteiger partial charge in [-0.25, -0.2) is 0 Å². The smallest absolute Gasteiger partial charge is 0.127 e. The first-order chi connectivity index (χ1) is 14.8. The van der Waals surface area contributed by atoms with E-state index in [2.05, 4.69) is 4.90 Å². The number of nitrogens with zero attached hydrogens (tertiary/aromatic N) is 1. The minimum Gasteiger partial charge on any atom is -0.457 e. The Labute approximate surface area is 176 Å². The van der Waals surface area contributed by atoms with E-state index in [1.54, 1.807) is 0 Å². The zero-order valence-electron chi connectivity index (χ0n) is 16.5. The molecule has 0 spiro atoms. The second kappa shape index (κ2) is 9.27. The van der Waals surface area contributed by atoms with Crippen molar-refractivity contribution in [1.82, 2.24) is 0 Å². The van der Waals surface area contributed by atoms with Crippen LogP contribution in [0.15, 0.2) is 103 Å². The van der Waals surface area contributed by atoms with Gasteiger partial charge in [0.15, 0.2) is 0 Å². The van der Waals surface area contributed by atoms with Crippen LogP contribution in [0.5, 0.6) is 11.5 Å². The first-order valence-corrected chi connectivity index (χ1v) is 9.79. The Hall–Kier alpha value is -3.60. The summed E-state index contributed by atoms with van der Waals surface area (Å²) in [6, 6.07) is 33.2. The minimum absolute atomic E-state index is 0.0109. The van der Waals surface area contributed by atoms with Crippen molar-refractivity contribution in [2.75, 3.05) is 4.90 Å². The Bertz CT molecular complexity index is 1010. The number of rotatable bonds is 7. The first-order valence-electron chi connectivity index (χ1n) is 9.79. The number of aliphatic hydroxyl groups is 2. The number of benzene rings is 4. The number of hydrogen-bond acceptors (Lipinski definition) is 4. The van der Waals surface area contributed by atoms with E-state index in [1.807, 2.05) is 103 Å². The van der Waals surface area contributed by atoms with Gasteiger partial charge in [-0.2, -0.15) is 0 Å². The summed E-state index contributed by atoms with van der Waals surface area (Å²) in [5, 5.41) is 18.7. The van der Waals surface area contributed by atoms with Crippen molar-refractivity contribution in [3.8, 4) is 11.5 Å². The molecule has 30 heavy (non-hydrogen) atoms. The molecule has 4 aromatic carbocycles. The lowest BCUT2D eigenvalue weighted by atomic mass is 10.1. The van der Waals surface area contributed by atoms with Gasteiger partial charge in [-0.1, -0.05) is 42.5 Å². The molecular weight excluding hydrogens is 374 g/mol. The SMILES string of the molecule is OCc1ccc(N(c2ccc(CO)cc2)c2ccc(Oc3ccccc3)cc2)cc1. The molecule has 0 aromatic heterocycles. The Kier molecular flexibility index (Phi) is 6.09. The molecule has 0 saturated heterocycles. The first kappa shape index (κ1) is 19.7. The van der Waals surface area contributed by atoms with Gasteiger partial charge < -0.3 is 19.8 Å². The van der Waals surface area contributed by atoms with E-state index in [9.17, 15) is 10.2 Å². The predicted molar refractivity (Wildman–Crippen MR) is 119 cm³/mol. The molecule has 4 aromatic rings. The Balaban J connectivity index is 1.67. The topological polar surface area (TPSA) is 52.9 Å². The summed E-state index contributed by atoms with van der Waals surface area (Å²) in [6.07, 6.45) is 0. The second-order valence-electron chi connectivity index (χ2n) is 6.89. The van der Waals surface area contributed by atoms with E-state index in [4.69, 9.17) is 4.74 Å². The lowest BCUT2D eigenvalue weighted by molar-refractivity contribution is 0.281. The third-order valence-electron chi connectivity index (χ3n) is 4.83. The van der Waals surface area contributed by atoms with E-state index in [0.717, 1.165) is 39.7 Å². The maximum atomic E-state index is 9.36. The van der Waals surface area contributed by atoms with Gasteiger partial charge in [0.2, 0.25) is 0 Å². The quantitative estimate of drug-likeness (QED) is 0.406. The van der Waals surface area contributed by atoms with E-state index < -0.39 is 0 Å². The van der Waals surface area contributed by atoms with Gasteiger partial charge in [-0.15, -0.1) is 0 Å². The van der Waals surface area contributed by atoms with Crippen molar-refractivity contribution in [1.29, 1.82) is 0 Å². The molecule has 0 bridgehead atoms. The Morgan fingerprint density at radius 3 is 1.33 bits per heavy atom. The Morgan fingerprint density at radius 2 is 0.900 bits per heavy atom. The number of aliphatic hydroxyl groups excluding tert-OH is 2. The maximum absolute atomic E-state index is 9.36. The van der Waals surface area contributed by atoms with Crippen LogP contribution < -0.4 is 9.64 Å². The van der Waals surface area contributed by atoms with E-state index in [1.165, 1.54) is 0 Å². The fraction of sp³-hybridized carbons (Fsp3) is 0.0769. The van der Waals surface area contributed by atoms with Crippen LogP contribution >= 0.6 is 0 Å². The molecule has 0 atom stereocenters. The molecule has 2 N–H and O–H groups in total. The number of ether oxygens (including phenoxy) is 1. The highest BCUT2D eigenvalue weighted by molar-refractivity contribution is 5.76. The molecule has 4 heteroatoms. The summed E-state index contributed by atoms with van der Waals surface area (Å²) in [7, 11) is 0. The maximum Gasteiger partial charge on any atom is 0.127 e. The second-order valence-corrected chi connectivity index (χ2v) is 6.89. The average molecular weight is 397 g/mol. The largest absolute Gasteiger partial charge is 0.457 e. The van der Waals surface area contributed by atoms with Crippen molar-refractivity contribution >= 4 is 17.1 Å². The summed E-state index contributed by atoms with van der Waals surface area (Å²) in [4.78, 5) is 2.12. The van der Waals surface area contributed by atoms with Gasteiger partial charge in [-0.3, -0.25) is 0 Å². The zero-order chi connectivity index (χ0) is 20.8. The fourth-order valence-corrected chi connectivity index (χ4v) is 3.24. The summed E-state index contributed by atoms with van der Waals surface area (Å²) < 4.78 is 5.91. The van der Waals surface area contributed by atoms with Crippen LogP contribution in [-0.2, 0) is 13.2 Å². The number of anilines is 3. The van der Waals surface area contributed by atoms with Crippen LogP contribution in [0.1, 0.15) is 11.1 Å². The van der Waals surface area contributed by atoms with Crippen LogP contribution in [0.3, 0.4) is 0 Å². The summed E-state index contributed by atoms with van der Waals surface area (Å²) in [6.45, 7) is 0.0218. The molecule has 4 nitrogen and oxygen atoms in total. The van der Waals surface area contributed by atoms with Gasteiger partial charge in [-0.05, 0) is 71.8 Å². The molecule has 0 aliphatic heterocycles. The lowest BCUT2D eigenvalue weighted by Gasteiger charge is -2.26. The number of para-hydroxylation sites is 1. The van der Waals surface area contributed by atoms with Crippen LogP contribution in [0.25, 0.3) is 0 Å². The highest BCUT2D eigenvalue weighted by atomic mass is 16.5. The molecule has 0 fully saturated rings. The van der Waals surface area contributed by atoms with Crippen molar-refractivity contribution in [2.45, 2.75) is 13.2 Å². The molecule has 0 amide bonds. The van der Waals surface area contributed by atoms with Crippen molar-refractivity contribution in [3.63, 3.8) is 0 Å². The fourth-order valence-electron chi connectivity index (χ4n) is 3.24. The third-order valence-corrected chi connectivity index (χ3v) is 4.83. The monoisotopic (exact) mass is 397 g/mol. The van der Waals surface area contributed by atoms with Crippen LogP contribution in [0, 0.1) is 0 Å². The molecule has 0 heterocycles. The molecule has 0 saturated carbocycles. The Morgan fingerprint density at radius 1 is 0.500 bits per heavy atom. The summed E-state index contributed by atoms with van der Waals surface area (Å²) in [5.74, 6) is 1.55. The van der Waals surface area contributed by atoms with Crippen molar-refractivity contribution in [2.24, 2.45) is 0 Å². The van der Waals surface area contributed by atoms with Crippen LogP contribution in [0.4, 0.5) is 17.1 Å². The predicted octanol–water partition coefficient (Wildman–Crippen LogP) is 5.93.